The van der Waals surface area contributed by atoms with Crippen molar-refractivity contribution in [2.24, 2.45) is 0 Å². The van der Waals surface area contributed by atoms with Gasteiger partial charge in [-0.25, -0.2) is 18.4 Å². The molecular formula is C12H10BrCl2N3O3S. The van der Waals surface area contributed by atoms with E-state index in [1.165, 1.54) is 31.5 Å². The first-order valence-corrected chi connectivity index (χ1v) is 9.01. The fraction of sp³-hybridized carbons (Fsp3) is 0.167. The lowest BCUT2D eigenvalue weighted by Gasteiger charge is -2.10. The Morgan fingerprint density at radius 3 is 2.50 bits per heavy atom. The van der Waals surface area contributed by atoms with E-state index in [-0.39, 0.29) is 17.5 Å². The van der Waals surface area contributed by atoms with Crippen LogP contribution < -0.4 is 9.46 Å². The summed E-state index contributed by atoms with van der Waals surface area (Å²) in [6.07, 6.45) is 1.36. The molecule has 2 aromatic rings. The first-order valence-electron chi connectivity index (χ1n) is 5.81. The van der Waals surface area contributed by atoms with Crippen LogP contribution in [0.2, 0.25) is 10.0 Å². The summed E-state index contributed by atoms with van der Waals surface area (Å²) in [7, 11) is -2.37. The quantitative estimate of drug-likeness (QED) is 0.791. The van der Waals surface area contributed by atoms with Crippen LogP contribution in [0.25, 0.3) is 0 Å². The number of nitrogens with zero attached hydrogens (tertiary/aromatic N) is 2. The maximum absolute atomic E-state index is 12.2. The molecule has 1 N–H and O–H groups in total. The summed E-state index contributed by atoms with van der Waals surface area (Å²) in [5, 5.41) is 0.720. The summed E-state index contributed by atoms with van der Waals surface area (Å²) in [6, 6.07) is 4.57. The summed E-state index contributed by atoms with van der Waals surface area (Å²) in [6.45, 7) is 0. The number of benzene rings is 1. The van der Waals surface area contributed by atoms with E-state index in [9.17, 15) is 8.42 Å². The van der Waals surface area contributed by atoms with E-state index < -0.39 is 10.0 Å². The second kappa shape index (κ2) is 6.99. The number of aromatic nitrogens is 2. The summed E-state index contributed by atoms with van der Waals surface area (Å²) >= 11 is 14.8. The van der Waals surface area contributed by atoms with Gasteiger partial charge >= 0.3 is 0 Å². The first kappa shape index (κ1) is 17.3. The molecule has 0 atom stereocenters. The molecule has 0 aliphatic rings. The lowest BCUT2D eigenvalue weighted by molar-refractivity contribution is 0.397. The van der Waals surface area contributed by atoms with E-state index in [0.29, 0.717) is 20.2 Å². The number of hydrogen-bond acceptors (Lipinski definition) is 5. The zero-order chi connectivity index (χ0) is 16.3. The highest BCUT2D eigenvalue weighted by Crippen LogP contribution is 2.24. The fourth-order valence-electron chi connectivity index (χ4n) is 1.66. The van der Waals surface area contributed by atoms with Crippen LogP contribution in [0.1, 0.15) is 5.56 Å². The molecule has 0 spiro atoms. The lowest BCUT2D eigenvalue weighted by atomic mass is 10.2. The molecule has 2 rings (SSSR count). The molecule has 0 amide bonds. The monoisotopic (exact) mass is 425 g/mol. The van der Waals surface area contributed by atoms with Crippen molar-refractivity contribution in [1.82, 2.24) is 9.97 Å². The first-order chi connectivity index (χ1) is 10.3. The SMILES string of the molecule is COc1nc(Br)cnc1NS(=O)(=O)Cc1cc(Cl)cc(Cl)c1. The van der Waals surface area contributed by atoms with Gasteiger partial charge in [0.2, 0.25) is 15.8 Å². The molecule has 0 saturated heterocycles. The summed E-state index contributed by atoms with van der Waals surface area (Å²) in [4.78, 5) is 7.91. The zero-order valence-corrected chi connectivity index (χ0v) is 15.1. The van der Waals surface area contributed by atoms with Crippen molar-refractivity contribution in [3.8, 4) is 5.88 Å². The zero-order valence-electron chi connectivity index (χ0n) is 11.2. The Hall–Kier alpha value is -1.09. The second-order valence-electron chi connectivity index (χ2n) is 4.19. The van der Waals surface area contributed by atoms with Gasteiger partial charge in [0.15, 0.2) is 0 Å². The van der Waals surface area contributed by atoms with Gasteiger partial charge in [-0.1, -0.05) is 23.2 Å². The van der Waals surface area contributed by atoms with Crippen molar-refractivity contribution in [3.05, 3.63) is 44.6 Å². The molecule has 10 heteroatoms. The molecular weight excluding hydrogens is 417 g/mol. The molecule has 1 aromatic heterocycles. The molecule has 0 unspecified atom stereocenters. The van der Waals surface area contributed by atoms with E-state index >= 15 is 0 Å². The molecule has 0 fully saturated rings. The molecule has 118 valence electrons. The van der Waals surface area contributed by atoms with Crippen LogP contribution in [-0.4, -0.2) is 25.5 Å². The van der Waals surface area contributed by atoms with Crippen LogP contribution in [-0.2, 0) is 15.8 Å². The highest BCUT2D eigenvalue weighted by atomic mass is 79.9. The third kappa shape index (κ3) is 4.70. The number of halogens is 3. The summed E-state index contributed by atoms with van der Waals surface area (Å²) < 4.78 is 32.2. The van der Waals surface area contributed by atoms with Gasteiger partial charge in [0.05, 0.1) is 19.1 Å². The van der Waals surface area contributed by atoms with Gasteiger partial charge in [0, 0.05) is 10.0 Å². The van der Waals surface area contributed by atoms with Gasteiger partial charge < -0.3 is 4.74 Å². The number of sulfonamides is 1. The van der Waals surface area contributed by atoms with Crippen LogP contribution in [0.4, 0.5) is 5.82 Å². The van der Waals surface area contributed by atoms with Gasteiger partial charge in [-0.05, 0) is 39.7 Å². The molecule has 1 heterocycles. The Balaban J connectivity index is 2.24. The third-order valence-corrected chi connectivity index (χ3v) is 4.47. The van der Waals surface area contributed by atoms with Gasteiger partial charge in [0.1, 0.15) is 4.60 Å². The van der Waals surface area contributed by atoms with Gasteiger partial charge in [-0.15, -0.1) is 0 Å². The van der Waals surface area contributed by atoms with Crippen molar-refractivity contribution in [1.29, 1.82) is 0 Å². The molecule has 0 aliphatic heterocycles. The van der Waals surface area contributed by atoms with Gasteiger partial charge in [-0.2, -0.15) is 0 Å². The lowest BCUT2D eigenvalue weighted by Crippen LogP contribution is -2.17. The number of ether oxygens (including phenoxy) is 1. The molecule has 1 aromatic carbocycles. The number of hydrogen-bond donors (Lipinski definition) is 1. The minimum absolute atomic E-state index is 0.00109. The molecule has 0 bridgehead atoms. The molecule has 22 heavy (non-hydrogen) atoms. The highest BCUT2D eigenvalue weighted by molar-refractivity contribution is 9.10. The maximum atomic E-state index is 12.2. The van der Waals surface area contributed by atoms with E-state index in [2.05, 4.69) is 30.6 Å². The van der Waals surface area contributed by atoms with Crippen molar-refractivity contribution >= 4 is 55.0 Å². The Morgan fingerprint density at radius 2 is 1.91 bits per heavy atom. The van der Waals surface area contributed by atoms with E-state index in [1.807, 2.05) is 0 Å². The Morgan fingerprint density at radius 1 is 1.27 bits per heavy atom. The Bertz CT molecular complexity index is 782. The second-order valence-corrected chi connectivity index (χ2v) is 7.60. The average molecular weight is 427 g/mol. The number of methoxy groups -OCH3 is 1. The molecule has 0 radical (unpaired) electrons. The number of anilines is 1. The van der Waals surface area contributed by atoms with Gasteiger partial charge in [-0.3, -0.25) is 4.72 Å². The van der Waals surface area contributed by atoms with Crippen molar-refractivity contribution in [2.45, 2.75) is 5.75 Å². The van der Waals surface area contributed by atoms with Crippen LogP contribution in [0, 0.1) is 0 Å². The Labute approximate surface area is 146 Å². The Kier molecular flexibility index (Phi) is 5.49. The average Bonchev–Trinajstić information content (AvgIpc) is 2.38. The van der Waals surface area contributed by atoms with Crippen LogP contribution >= 0.6 is 39.1 Å². The van der Waals surface area contributed by atoms with Gasteiger partial charge in [0.25, 0.3) is 5.88 Å². The maximum Gasteiger partial charge on any atom is 0.259 e. The highest BCUT2D eigenvalue weighted by Gasteiger charge is 2.17. The minimum atomic E-state index is -3.73. The largest absolute Gasteiger partial charge is 0.478 e. The minimum Gasteiger partial charge on any atom is -0.478 e. The number of rotatable bonds is 5. The predicted octanol–water partition coefficient (Wildman–Crippen LogP) is 3.50. The van der Waals surface area contributed by atoms with Crippen molar-refractivity contribution in [3.63, 3.8) is 0 Å². The van der Waals surface area contributed by atoms with Crippen LogP contribution in [0.5, 0.6) is 5.88 Å². The van der Waals surface area contributed by atoms with E-state index in [0.717, 1.165) is 0 Å². The topological polar surface area (TPSA) is 81.2 Å². The van der Waals surface area contributed by atoms with Crippen molar-refractivity contribution < 1.29 is 13.2 Å². The summed E-state index contributed by atoms with van der Waals surface area (Å²) in [5.74, 6) is -0.255. The normalized spacial score (nSPS) is 11.3. The molecule has 6 nitrogen and oxygen atoms in total. The smallest absolute Gasteiger partial charge is 0.259 e. The van der Waals surface area contributed by atoms with Crippen molar-refractivity contribution in [2.75, 3.05) is 11.8 Å². The van der Waals surface area contributed by atoms with Crippen LogP contribution in [0.15, 0.2) is 29.0 Å². The number of nitrogens with one attached hydrogen (secondary N) is 1. The van der Waals surface area contributed by atoms with E-state index in [1.54, 1.807) is 0 Å². The van der Waals surface area contributed by atoms with Crippen LogP contribution in [0.3, 0.4) is 0 Å². The fourth-order valence-corrected chi connectivity index (χ4v) is 3.61. The third-order valence-electron chi connectivity index (χ3n) is 2.44. The molecule has 0 saturated carbocycles. The standard InChI is InChI=1S/C12H10BrCl2N3O3S/c1-21-12-11(16-5-10(13)17-12)18-22(19,20)6-7-2-8(14)4-9(15)3-7/h2-5H,6H2,1H3,(H,16,18). The predicted molar refractivity (Wildman–Crippen MR) is 89.0 cm³/mol. The molecule has 0 aliphatic carbocycles. The van der Waals surface area contributed by atoms with E-state index in [4.69, 9.17) is 27.9 Å². The summed E-state index contributed by atoms with van der Waals surface area (Å²) in [5.41, 5.74) is 0.453.